The van der Waals surface area contributed by atoms with Gasteiger partial charge in [-0.25, -0.2) is 14.4 Å². The van der Waals surface area contributed by atoms with E-state index in [4.69, 9.17) is 20.6 Å². The highest BCUT2D eigenvalue weighted by molar-refractivity contribution is 6.01. The van der Waals surface area contributed by atoms with Crippen LogP contribution in [0.4, 0.5) is 21.7 Å². The molecule has 47 heavy (non-hydrogen) atoms. The van der Waals surface area contributed by atoms with Crippen LogP contribution in [0, 0.1) is 5.82 Å². The molecule has 1 amide bonds. The number of benzene rings is 3. The normalized spacial score (nSPS) is 14.6. The van der Waals surface area contributed by atoms with Gasteiger partial charge in [-0.1, -0.05) is 72.8 Å². The molecule has 0 spiro atoms. The average Bonchev–Trinajstić information content (AvgIpc) is 3.51. The van der Waals surface area contributed by atoms with E-state index in [2.05, 4.69) is 44.8 Å². The van der Waals surface area contributed by atoms with Gasteiger partial charge < -0.3 is 26.0 Å². The molecule has 0 saturated carbocycles. The molecule has 236 valence electrons. The van der Waals surface area contributed by atoms with Gasteiger partial charge in [-0.05, 0) is 41.8 Å². The number of carbonyl (C=O) groups is 1. The summed E-state index contributed by atoms with van der Waals surface area (Å²) < 4.78 is 22.3. The molecule has 1 atom stereocenters. The molecule has 10 nitrogen and oxygen atoms in total. The molecule has 0 radical (unpaired) electrons. The third-order valence-electron chi connectivity index (χ3n) is 8.00. The van der Waals surface area contributed by atoms with Crippen molar-refractivity contribution >= 4 is 28.9 Å². The second kappa shape index (κ2) is 12.8. The number of aromatic nitrogens is 4. The maximum Gasteiger partial charge on any atom is 0.256 e. The van der Waals surface area contributed by atoms with Crippen LogP contribution in [0.3, 0.4) is 0 Å². The molecule has 0 aliphatic carbocycles. The maximum absolute atomic E-state index is 14.5. The largest absolute Gasteiger partial charge is 0.473 e. The molecule has 4 heterocycles. The summed E-state index contributed by atoms with van der Waals surface area (Å²) in [5, 5.41) is 11.2. The van der Waals surface area contributed by atoms with E-state index < -0.39 is 11.9 Å². The fourth-order valence-corrected chi connectivity index (χ4v) is 5.73. The topological polar surface area (TPSA) is 123 Å². The van der Waals surface area contributed by atoms with Crippen LogP contribution in [0.25, 0.3) is 16.8 Å². The Hall–Kier alpha value is -5.97. The van der Waals surface area contributed by atoms with Gasteiger partial charge in [-0.3, -0.25) is 4.79 Å². The summed E-state index contributed by atoms with van der Waals surface area (Å²) in [6, 6.07) is 29.3. The Bertz CT molecular complexity index is 1990. The van der Waals surface area contributed by atoms with E-state index in [1.807, 2.05) is 67.6 Å². The number of nitrogens with one attached hydrogen (secondary N) is 2. The number of nitrogen functional groups attached to an aromatic ring is 1. The number of hydrogen-bond acceptors (Lipinski definition) is 8. The van der Waals surface area contributed by atoms with E-state index in [1.54, 1.807) is 4.52 Å². The third kappa shape index (κ3) is 6.28. The van der Waals surface area contributed by atoms with Crippen molar-refractivity contribution in [2.45, 2.75) is 32.7 Å². The molecule has 0 saturated heterocycles. The first-order chi connectivity index (χ1) is 22.9. The maximum atomic E-state index is 14.5. The van der Waals surface area contributed by atoms with Crippen LogP contribution in [0.5, 0.6) is 5.88 Å². The van der Waals surface area contributed by atoms with E-state index in [9.17, 15) is 9.18 Å². The minimum Gasteiger partial charge on any atom is -0.473 e. The summed E-state index contributed by atoms with van der Waals surface area (Å²) in [7, 11) is 0. The van der Waals surface area contributed by atoms with Gasteiger partial charge in [0.15, 0.2) is 5.65 Å². The van der Waals surface area contributed by atoms with E-state index in [0.29, 0.717) is 47.2 Å². The Morgan fingerprint density at radius 3 is 2.32 bits per heavy atom. The standard InChI is InChI=1S/C36H33FN8O2/c1-23-17-40-34(46)30-20-42-45-33(30)43-32(39-18-27-16-28(37)19-41-35(27)47-23)31(26-12-14-29(38)15-13-26)36(45)44(21-24-8-4-2-5-9-24)22-25-10-6-3-7-11-25/h2-16,19-20,23H,17-18,21-22,38H2,1H3,(H,39,43)(H,40,46). The molecular formula is C36H33FN8O2. The number of carbonyl (C=O) groups excluding carboxylic acids is 1. The lowest BCUT2D eigenvalue weighted by Gasteiger charge is -2.29. The van der Waals surface area contributed by atoms with Gasteiger partial charge in [-0.15, -0.1) is 0 Å². The van der Waals surface area contributed by atoms with Crippen LogP contribution in [0.15, 0.2) is 103 Å². The van der Waals surface area contributed by atoms with Crippen LogP contribution in [-0.2, 0) is 19.6 Å². The summed E-state index contributed by atoms with van der Waals surface area (Å²) >= 11 is 0. The average molecular weight is 629 g/mol. The Balaban J connectivity index is 1.49. The number of ether oxygens (including phenoxy) is 1. The number of hydrogen-bond donors (Lipinski definition) is 3. The summed E-state index contributed by atoms with van der Waals surface area (Å²) in [5.74, 6) is 0.626. The number of nitrogens with zero attached hydrogens (tertiary/aromatic N) is 5. The lowest BCUT2D eigenvalue weighted by molar-refractivity contribution is 0.0932. The van der Waals surface area contributed by atoms with Crippen molar-refractivity contribution in [1.29, 1.82) is 0 Å². The first-order valence-corrected chi connectivity index (χ1v) is 15.4. The molecule has 11 heteroatoms. The molecule has 7 rings (SSSR count). The van der Waals surface area contributed by atoms with E-state index in [-0.39, 0.29) is 24.9 Å². The van der Waals surface area contributed by atoms with Gasteiger partial charge in [0.25, 0.3) is 5.91 Å². The van der Waals surface area contributed by atoms with Crippen molar-refractivity contribution in [3.05, 3.63) is 131 Å². The number of nitrogens with two attached hydrogens (primary N) is 1. The molecule has 1 aliphatic heterocycles. The summed E-state index contributed by atoms with van der Waals surface area (Å²) in [5.41, 5.74) is 11.7. The molecule has 3 aromatic carbocycles. The van der Waals surface area contributed by atoms with Crippen LogP contribution in [0.2, 0.25) is 0 Å². The highest BCUT2D eigenvalue weighted by Crippen LogP contribution is 2.40. The van der Waals surface area contributed by atoms with E-state index >= 15 is 0 Å². The van der Waals surface area contributed by atoms with Crippen LogP contribution < -0.4 is 26.0 Å². The molecule has 4 N–H and O–H groups in total. The van der Waals surface area contributed by atoms with Crippen molar-refractivity contribution < 1.29 is 13.9 Å². The quantitative estimate of drug-likeness (QED) is 0.197. The number of rotatable bonds is 6. The number of amides is 1. The monoisotopic (exact) mass is 628 g/mol. The van der Waals surface area contributed by atoms with Gasteiger partial charge in [0.2, 0.25) is 5.88 Å². The number of fused-ring (bicyclic) bond motifs is 2. The van der Waals surface area contributed by atoms with Crippen LogP contribution >= 0.6 is 0 Å². The second-order valence-electron chi connectivity index (χ2n) is 11.5. The van der Waals surface area contributed by atoms with Crippen LogP contribution in [0.1, 0.15) is 34.0 Å². The smallest absolute Gasteiger partial charge is 0.256 e. The Morgan fingerprint density at radius 1 is 0.957 bits per heavy atom. The van der Waals surface area contributed by atoms with Crippen molar-refractivity contribution in [3.8, 4) is 17.0 Å². The molecule has 1 aliphatic rings. The number of anilines is 3. The highest BCUT2D eigenvalue weighted by Gasteiger charge is 2.27. The first kappa shape index (κ1) is 29.7. The molecular weight excluding hydrogens is 595 g/mol. The predicted octanol–water partition coefficient (Wildman–Crippen LogP) is 5.84. The minimum absolute atomic E-state index is 0.152. The van der Waals surface area contributed by atoms with Gasteiger partial charge in [-0.2, -0.15) is 9.61 Å². The van der Waals surface area contributed by atoms with Gasteiger partial charge >= 0.3 is 0 Å². The molecule has 2 bridgehead atoms. The van der Waals surface area contributed by atoms with Crippen molar-refractivity contribution in [2.75, 3.05) is 22.5 Å². The zero-order valence-electron chi connectivity index (χ0n) is 25.7. The minimum atomic E-state index is -0.489. The lowest BCUT2D eigenvalue weighted by Crippen LogP contribution is -2.34. The fraction of sp³-hybridized carbons (Fsp3) is 0.167. The van der Waals surface area contributed by atoms with Crippen molar-refractivity contribution in [1.82, 2.24) is 24.9 Å². The molecule has 0 fully saturated rings. The highest BCUT2D eigenvalue weighted by atomic mass is 19.1. The molecule has 6 aromatic rings. The Kier molecular flexibility index (Phi) is 8.09. The molecule has 1 unspecified atom stereocenters. The predicted molar refractivity (Wildman–Crippen MR) is 180 cm³/mol. The zero-order chi connectivity index (χ0) is 32.3. The fourth-order valence-electron chi connectivity index (χ4n) is 5.73. The summed E-state index contributed by atoms with van der Waals surface area (Å²) in [6.07, 6.45) is 2.22. The summed E-state index contributed by atoms with van der Waals surface area (Å²) in [4.78, 5) is 25.1. The Labute approximate surface area is 271 Å². The number of halogens is 1. The second-order valence-corrected chi connectivity index (χ2v) is 11.5. The summed E-state index contributed by atoms with van der Waals surface area (Å²) in [6.45, 7) is 3.22. The van der Waals surface area contributed by atoms with Crippen molar-refractivity contribution in [2.24, 2.45) is 0 Å². The van der Waals surface area contributed by atoms with Gasteiger partial charge in [0, 0.05) is 30.9 Å². The SMILES string of the molecule is CC1CNC(=O)c2cnn3c(N(Cc4ccccc4)Cc4ccccc4)c(-c4ccc(N)cc4)c(nc23)NCc2cc(F)cnc2O1. The number of pyridine rings is 1. The van der Waals surface area contributed by atoms with E-state index in [0.717, 1.165) is 28.5 Å². The van der Waals surface area contributed by atoms with Crippen LogP contribution in [-0.4, -0.2) is 38.1 Å². The van der Waals surface area contributed by atoms with Gasteiger partial charge in [0.05, 0.1) is 24.5 Å². The first-order valence-electron chi connectivity index (χ1n) is 15.4. The molecule has 3 aromatic heterocycles. The zero-order valence-corrected chi connectivity index (χ0v) is 25.7. The third-order valence-corrected chi connectivity index (χ3v) is 8.00. The lowest BCUT2D eigenvalue weighted by atomic mass is 10.0. The van der Waals surface area contributed by atoms with E-state index in [1.165, 1.54) is 12.3 Å². The van der Waals surface area contributed by atoms with Gasteiger partial charge in [0.1, 0.15) is 29.1 Å². The Morgan fingerprint density at radius 2 is 1.64 bits per heavy atom. The van der Waals surface area contributed by atoms with Crippen molar-refractivity contribution in [3.63, 3.8) is 0 Å².